The summed E-state index contributed by atoms with van der Waals surface area (Å²) in [6.45, 7) is 0. The van der Waals surface area contributed by atoms with Crippen LogP contribution in [-0.2, 0) is 0 Å². The van der Waals surface area contributed by atoms with Crippen molar-refractivity contribution in [2.45, 2.75) is 0 Å². The topological polar surface area (TPSA) is 84.7 Å². The fourth-order valence-corrected chi connectivity index (χ4v) is 1.77. The van der Waals surface area contributed by atoms with Crippen molar-refractivity contribution in [3.63, 3.8) is 0 Å². The molecule has 0 saturated carbocycles. The van der Waals surface area contributed by atoms with Gasteiger partial charge in [-0.3, -0.25) is 0 Å². The van der Waals surface area contributed by atoms with Crippen LogP contribution in [0.5, 0.6) is 11.5 Å². The zero-order valence-corrected chi connectivity index (χ0v) is 12.2. The van der Waals surface area contributed by atoms with E-state index in [1.54, 1.807) is 30.3 Å². The highest BCUT2D eigenvalue weighted by atomic mass is 16.5. The zero-order valence-electron chi connectivity index (χ0n) is 12.2. The molecule has 0 amide bonds. The number of nitrogens with zero attached hydrogens (tertiary/aromatic N) is 2. The Hall–Kier alpha value is -3.02. The summed E-state index contributed by atoms with van der Waals surface area (Å²) < 4.78 is 10.3. The molecular formula is C16H16N2O4. The number of aromatic nitrogens is 2. The molecule has 0 atom stereocenters. The first-order chi connectivity index (χ1) is 10.7. The van der Waals surface area contributed by atoms with Crippen molar-refractivity contribution in [2.75, 3.05) is 14.2 Å². The maximum absolute atomic E-state index is 10.1. The van der Waals surface area contributed by atoms with Crippen LogP contribution in [0.1, 0.15) is 11.3 Å². The molecule has 2 rings (SSSR count). The third kappa shape index (κ3) is 3.54. The van der Waals surface area contributed by atoms with Gasteiger partial charge < -0.3 is 19.7 Å². The monoisotopic (exact) mass is 300 g/mol. The second-order valence-electron chi connectivity index (χ2n) is 4.28. The fraction of sp³-hybridized carbons (Fsp3) is 0.125. The summed E-state index contributed by atoms with van der Waals surface area (Å²) in [5, 5.41) is 27.4. The van der Waals surface area contributed by atoms with E-state index in [9.17, 15) is 10.2 Å². The minimum atomic E-state index is -0.0971. The van der Waals surface area contributed by atoms with Gasteiger partial charge in [-0.15, -0.1) is 5.10 Å². The van der Waals surface area contributed by atoms with Gasteiger partial charge >= 0.3 is 0 Å². The number of ether oxygens (including phenoxy) is 2. The van der Waals surface area contributed by atoms with E-state index in [-0.39, 0.29) is 11.5 Å². The van der Waals surface area contributed by atoms with Gasteiger partial charge in [0.2, 0.25) is 0 Å². The van der Waals surface area contributed by atoms with Gasteiger partial charge in [0.25, 0.3) is 0 Å². The summed E-state index contributed by atoms with van der Waals surface area (Å²) in [5.74, 6) is 0.940. The zero-order chi connectivity index (χ0) is 15.9. The molecule has 1 heterocycles. The Bertz CT molecular complexity index is 697. The highest BCUT2D eigenvalue weighted by Crippen LogP contribution is 2.29. The largest absolute Gasteiger partial charge is 0.507 e. The molecule has 6 nitrogen and oxygen atoms in total. The molecule has 0 saturated heterocycles. The van der Waals surface area contributed by atoms with Crippen molar-refractivity contribution in [1.29, 1.82) is 0 Å². The lowest BCUT2D eigenvalue weighted by Crippen LogP contribution is -1.92. The van der Waals surface area contributed by atoms with Gasteiger partial charge in [-0.2, -0.15) is 5.10 Å². The van der Waals surface area contributed by atoms with Gasteiger partial charge in [0, 0.05) is 11.8 Å². The van der Waals surface area contributed by atoms with Crippen molar-refractivity contribution in [1.82, 2.24) is 10.2 Å². The minimum Gasteiger partial charge on any atom is -0.507 e. The highest BCUT2D eigenvalue weighted by molar-refractivity contribution is 5.66. The summed E-state index contributed by atoms with van der Waals surface area (Å²) in [7, 11) is 3.05. The molecular weight excluding hydrogens is 284 g/mol. The van der Waals surface area contributed by atoms with Crippen LogP contribution in [0.3, 0.4) is 0 Å². The van der Waals surface area contributed by atoms with Gasteiger partial charge in [0.15, 0.2) is 11.5 Å². The normalized spacial score (nSPS) is 12.1. The molecule has 0 aliphatic rings. The van der Waals surface area contributed by atoms with Gasteiger partial charge in [-0.1, -0.05) is 0 Å². The lowest BCUT2D eigenvalue weighted by atomic mass is 10.1. The van der Waals surface area contributed by atoms with Crippen molar-refractivity contribution in [2.24, 2.45) is 0 Å². The molecule has 114 valence electrons. The molecule has 2 aromatic rings. The van der Waals surface area contributed by atoms with Crippen molar-refractivity contribution >= 4 is 11.5 Å². The van der Waals surface area contributed by atoms with Gasteiger partial charge in [-0.05, 0) is 42.5 Å². The predicted octanol–water partition coefficient (Wildman–Crippen LogP) is 2.99. The molecule has 22 heavy (non-hydrogen) atoms. The van der Waals surface area contributed by atoms with Crippen molar-refractivity contribution in [3.8, 4) is 11.5 Å². The first-order valence-electron chi connectivity index (χ1n) is 6.46. The van der Waals surface area contributed by atoms with Crippen molar-refractivity contribution in [3.05, 3.63) is 59.9 Å². The molecule has 1 aromatic heterocycles. The number of methoxy groups -OCH3 is 2. The second kappa shape index (κ2) is 7.12. The maximum atomic E-state index is 10.1. The SMILES string of the molecule is COc1ccc(C(O)=CC=C(O)c2cccnn2)cc1OC. The summed E-state index contributed by atoms with van der Waals surface area (Å²) in [5.41, 5.74) is 0.847. The molecule has 0 spiro atoms. The van der Waals surface area contributed by atoms with Crippen LogP contribution in [0, 0.1) is 0 Å². The Balaban J connectivity index is 2.26. The number of benzene rings is 1. The predicted molar refractivity (Wildman–Crippen MR) is 82.8 cm³/mol. The average Bonchev–Trinajstić information content (AvgIpc) is 2.59. The third-order valence-electron chi connectivity index (χ3n) is 2.91. The highest BCUT2D eigenvalue weighted by Gasteiger charge is 2.07. The number of hydrogen-bond acceptors (Lipinski definition) is 6. The van der Waals surface area contributed by atoms with Crippen LogP contribution >= 0.6 is 0 Å². The number of hydrogen-bond donors (Lipinski definition) is 2. The molecule has 2 N–H and O–H groups in total. The molecule has 0 unspecified atom stereocenters. The van der Waals surface area contributed by atoms with E-state index in [2.05, 4.69) is 10.2 Å². The Morgan fingerprint density at radius 1 is 1.00 bits per heavy atom. The van der Waals surface area contributed by atoms with Crippen LogP contribution < -0.4 is 9.47 Å². The molecule has 0 bridgehead atoms. The third-order valence-corrected chi connectivity index (χ3v) is 2.91. The number of aliphatic hydroxyl groups is 2. The van der Waals surface area contributed by atoms with E-state index >= 15 is 0 Å². The first-order valence-corrected chi connectivity index (χ1v) is 6.46. The molecule has 0 fully saturated rings. The quantitative estimate of drug-likeness (QED) is 0.652. The molecule has 6 heteroatoms. The summed E-state index contributed by atoms with van der Waals surface area (Å²) in [4.78, 5) is 0. The fourth-order valence-electron chi connectivity index (χ4n) is 1.77. The Labute approximate surface area is 128 Å². The van der Waals surface area contributed by atoms with E-state index < -0.39 is 0 Å². The van der Waals surface area contributed by atoms with E-state index in [1.165, 1.54) is 32.6 Å². The Kier molecular flexibility index (Phi) is 4.98. The lowest BCUT2D eigenvalue weighted by Gasteiger charge is -2.09. The molecule has 1 aromatic carbocycles. The minimum absolute atomic E-state index is 0.0311. The molecule has 0 aliphatic heterocycles. The van der Waals surface area contributed by atoms with Crippen LogP contribution in [0.25, 0.3) is 11.5 Å². The standard InChI is InChI=1S/C16H16N2O4/c1-21-15-8-5-11(10-16(15)22-2)13(19)6-7-14(20)12-4-3-9-17-18-12/h3-10,19-20H,1-2H3. The van der Waals surface area contributed by atoms with Crippen molar-refractivity contribution < 1.29 is 19.7 Å². The van der Waals surface area contributed by atoms with Gasteiger partial charge in [0.05, 0.1) is 14.2 Å². The maximum Gasteiger partial charge on any atom is 0.161 e. The summed E-state index contributed by atoms with van der Waals surface area (Å²) in [6.07, 6.45) is 4.22. The first kappa shape index (κ1) is 15.4. The van der Waals surface area contributed by atoms with E-state index in [1.807, 2.05) is 0 Å². The number of rotatable bonds is 5. The van der Waals surface area contributed by atoms with E-state index in [0.29, 0.717) is 22.8 Å². The van der Waals surface area contributed by atoms with Gasteiger partial charge in [-0.25, -0.2) is 0 Å². The van der Waals surface area contributed by atoms with Crippen LogP contribution in [0.15, 0.2) is 48.7 Å². The molecule has 0 radical (unpaired) electrons. The van der Waals surface area contributed by atoms with Crippen LogP contribution in [0.4, 0.5) is 0 Å². The lowest BCUT2D eigenvalue weighted by molar-refractivity contribution is 0.354. The average molecular weight is 300 g/mol. The molecule has 0 aliphatic carbocycles. The van der Waals surface area contributed by atoms with Crippen LogP contribution in [-0.4, -0.2) is 34.6 Å². The van der Waals surface area contributed by atoms with Crippen LogP contribution in [0.2, 0.25) is 0 Å². The summed E-state index contributed by atoms with van der Waals surface area (Å²) >= 11 is 0. The van der Waals surface area contributed by atoms with E-state index in [4.69, 9.17) is 9.47 Å². The smallest absolute Gasteiger partial charge is 0.161 e. The van der Waals surface area contributed by atoms with Gasteiger partial charge in [0.1, 0.15) is 17.2 Å². The Morgan fingerprint density at radius 2 is 1.73 bits per heavy atom. The summed E-state index contributed by atoms with van der Waals surface area (Å²) in [6, 6.07) is 8.27. The van der Waals surface area contributed by atoms with E-state index in [0.717, 1.165) is 0 Å². The number of allylic oxidation sites excluding steroid dienone is 2. The second-order valence-corrected chi connectivity index (χ2v) is 4.28. The Morgan fingerprint density at radius 3 is 2.36 bits per heavy atom. The number of aliphatic hydroxyl groups excluding tert-OH is 2.